The number of ketones is 1. The van der Waals surface area contributed by atoms with Crippen LogP contribution in [0.25, 0.3) is 0 Å². The van der Waals surface area contributed by atoms with Crippen molar-refractivity contribution in [1.82, 2.24) is 9.97 Å². The lowest BCUT2D eigenvalue weighted by molar-refractivity contribution is 0.101. The zero-order chi connectivity index (χ0) is 18.5. The van der Waals surface area contributed by atoms with Crippen LogP contribution in [0.4, 0.5) is 11.6 Å². The summed E-state index contributed by atoms with van der Waals surface area (Å²) in [4.78, 5) is 35.1. The van der Waals surface area contributed by atoms with Crippen LogP contribution in [0.5, 0.6) is 0 Å². The molecule has 1 saturated heterocycles. The Kier molecular flexibility index (Phi) is 5.61. The molecule has 0 radical (unpaired) electrons. The molecule has 6 heteroatoms. The van der Waals surface area contributed by atoms with E-state index in [9.17, 15) is 9.59 Å². The molecule has 1 aromatic carbocycles. The van der Waals surface area contributed by atoms with Crippen molar-refractivity contribution >= 4 is 23.3 Å². The Morgan fingerprint density at radius 1 is 1.00 bits per heavy atom. The Morgan fingerprint density at radius 2 is 1.65 bits per heavy atom. The number of Topliss-reactive ketones (excluding diaryl/α,β-unsaturated/α-hetero) is 1. The van der Waals surface area contributed by atoms with Gasteiger partial charge in [0.25, 0.3) is 5.91 Å². The van der Waals surface area contributed by atoms with Crippen LogP contribution in [-0.2, 0) is 0 Å². The number of anilines is 2. The highest BCUT2D eigenvalue weighted by Gasteiger charge is 2.16. The summed E-state index contributed by atoms with van der Waals surface area (Å²) in [5, 5.41) is 2.84. The van der Waals surface area contributed by atoms with Gasteiger partial charge in [-0.2, -0.15) is 0 Å². The second-order valence-corrected chi connectivity index (χ2v) is 6.68. The molecule has 2 aromatic rings. The maximum absolute atomic E-state index is 12.6. The topological polar surface area (TPSA) is 75.2 Å². The Labute approximate surface area is 153 Å². The SMILES string of the molecule is CC(=O)c1ccc(NC(=O)c2cc(C)nc(N3CCCCCC3)n2)cc1. The van der Waals surface area contributed by atoms with Crippen molar-refractivity contribution in [3.63, 3.8) is 0 Å². The second kappa shape index (κ2) is 8.08. The molecule has 0 spiro atoms. The van der Waals surface area contributed by atoms with Crippen LogP contribution in [-0.4, -0.2) is 34.7 Å². The van der Waals surface area contributed by atoms with E-state index in [0.29, 0.717) is 22.9 Å². The molecular weight excluding hydrogens is 328 g/mol. The van der Waals surface area contributed by atoms with E-state index in [-0.39, 0.29) is 11.7 Å². The van der Waals surface area contributed by atoms with Crippen molar-refractivity contribution in [1.29, 1.82) is 0 Å². The van der Waals surface area contributed by atoms with Gasteiger partial charge in [-0.1, -0.05) is 12.8 Å². The maximum Gasteiger partial charge on any atom is 0.274 e. The lowest BCUT2D eigenvalue weighted by Crippen LogP contribution is -2.27. The third kappa shape index (κ3) is 4.45. The molecule has 1 aliphatic rings. The van der Waals surface area contributed by atoms with Crippen molar-refractivity contribution in [2.75, 3.05) is 23.3 Å². The van der Waals surface area contributed by atoms with Crippen LogP contribution >= 0.6 is 0 Å². The molecule has 2 heterocycles. The molecule has 1 amide bonds. The summed E-state index contributed by atoms with van der Waals surface area (Å²) in [7, 11) is 0. The highest BCUT2D eigenvalue weighted by Crippen LogP contribution is 2.18. The van der Waals surface area contributed by atoms with E-state index in [1.807, 2.05) is 6.92 Å². The Balaban J connectivity index is 1.77. The number of amides is 1. The van der Waals surface area contributed by atoms with Gasteiger partial charge < -0.3 is 10.2 Å². The van der Waals surface area contributed by atoms with Gasteiger partial charge in [-0.05, 0) is 57.0 Å². The smallest absolute Gasteiger partial charge is 0.274 e. The van der Waals surface area contributed by atoms with Gasteiger partial charge in [-0.15, -0.1) is 0 Å². The zero-order valence-corrected chi connectivity index (χ0v) is 15.3. The van der Waals surface area contributed by atoms with E-state index >= 15 is 0 Å². The summed E-state index contributed by atoms with van der Waals surface area (Å²) in [5.41, 5.74) is 2.38. The summed E-state index contributed by atoms with van der Waals surface area (Å²) in [6, 6.07) is 8.54. The fourth-order valence-corrected chi connectivity index (χ4v) is 3.06. The summed E-state index contributed by atoms with van der Waals surface area (Å²) in [6.45, 7) is 5.25. The molecule has 0 unspecified atom stereocenters. The van der Waals surface area contributed by atoms with Gasteiger partial charge >= 0.3 is 0 Å². The first-order valence-corrected chi connectivity index (χ1v) is 9.06. The van der Waals surface area contributed by atoms with Crippen molar-refractivity contribution in [2.45, 2.75) is 39.5 Å². The standard InChI is InChI=1S/C20H24N4O2/c1-14-13-18(23-20(21-14)24-11-5-3-4-6-12-24)19(26)22-17-9-7-16(8-10-17)15(2)25/h7-10,13H,3-6,11-12H2,1-2H3,(H,22,26). The van der Waals surface area contributed by atoms with E-state index in [2.05, 4.69) is 20.2 Å². The number of carbonyl (C=O) groups is 2. The fourth-order valence-electron chi connectivity index (χ4n) is 3.06. The van der Waals surface area contributed by atoms with Crippen molar-refractivity contribution in [3.8, 4) is 0 Å². The van der Waals surface area contributed by atoms with Crippen LogP contribution in [0.3, 0.4) is 0 Å². The van der Waals surface area contributed by atoms with E-state index in [1.54, 1.807) is 30.3 Å². The van der Waals surface area contributed by atoms with Gasteiger partial charge in [0.2, 0.25) is 5.95 Å². The van der Waals surface area contributed by atoms with Crippen LogP contribution in [0.15, 0.2) is 30.3 Å². The molecular formula is C20H24N4O2. The number of hydrogen-bond acceptors (Lipinski definition) is 5. The van der Waals surface area contributed by atoms with E-state index in [0.717, 1.165) is 31.6 Å². The quantitative estimate of drug-likeness (QED) is 0.851. The molecule has 6 nitrogen and oxygen atoms in total. The normalized spacial score (nSPS) is 14.6. The van der Waals surface area contributed by atoms with E-state index in [4.69, 9.17) is 0 Å². The molecule has 1 fully saturated rings. The fraction of sp³-hybridized carbons (Fsp3) is 0.400. The third-order valence-corrected chi connectivity index (χ3v) is 4.51. The van der Waals surface area contributed by atoms with E-state index < -0.39 is 0 Å². The molecule has 0 atom stereocenters. The minimum atomic E-state index is -0.276. The zero-order valence-electron chi connectivity index (χ0n) is 15.3. The maximum atomic E-state index is 12.6. The molecule has 1 aliphatic heterocycles. The molecule has 136 valence electrons. The minimum absolute atomic E-state index is 0.00334. The van der Waals surface area contributed by atoms with Gasteiger partial charge in [-0.25, -0.2) is 9.97 Å². The molecule has 1 aromatic heterocycles. The van der Waals surface area contributed by atoms with Gasteiger partial charge in [0.15, 0.2) is 5.78 Å². The van der Waals surface area contributed by atoms with Crippen LogP contribution in [0, 0.1) is 6.92 Å². The van der Waals surface area contributed by atoms with Crippen LogP contribution < -0.4 is 10.2 Å². The molecule has 1 N–H and O–H groups in total. The molecule has 0 saturated carbocycles. The average molecular weight is 352 g/mol. The van der Waals surface area contributed by atoms with Crippen LogP contribution in [0.2, 0.25) is 0 Å². The summed E-state index contributed by atoms with van der Waals surface area (Å²) < 4.78 is 0. The van der Waals surface area contributed by atoms with Gasteiger partial charge in [0.05, 0.1) is 0 Å². The number of benzene rings is 1. The molecule has 3 rings (SSSR count). The highest BCUT2D eigenvalue weighted by atomic mass is 16.2. The lowest BCUT2D eigenvalue weighted by atomic mass is 10.1. The minimum Gasteiger partial charge on any atom is -0.341 e. The average Bonchev–Trinajstić information content (AvgIpc) is 2.91. The number of nitrogens with zero attached hydrogens (tertiary/aromatic N) is 3. The highest BCUT2D eigenvalue weighted by molar-refractivity contribution is 6.03. The Hall–Kier alpha value is -2.76. The Morgan fingerprint density at radius 3 is 2.27 bits per heavy atom. The van der Waals surface area contributed by atoms with Gasteiger partial charge in [0, 0.05) is 30.0 Å². The third-order valence-electron chi connectivity index (χ3n) is 4.51. The lowest BCUT2D eigenvalue weighted by Gasteiger charge is -2.21. The summed E-state index contributed by atoms with van der Waals surface area (Å²) in [6.07, 6.45) is 4.71. The number of hydrogen-bond donors (Lipinski definition) is 1. The monoisotopic (exact) mass is 352 g/mol. The summed E-state index contributed by atoms with van der Waals surface area (Å²) in [5.74, 6) is 0.350. The number of aryl methyl sites for hydroxylation is 1. The first-order valence-electron chi connectivity index (χ1n) is 9.06. The number of carbonyl (C=O) groups excluding carboxylic acids is 2. The van der Waals surface area contributed by atoms with Crippen LogP contribution in [0.1, 0.15) is 59.1 Å². The first-order chi connectivity index (χ1) is 12.5. The van der Waals surface area contributed by atoms with Gasteiger partial charge in [-0.3, -0.25) is 9.59 Å². The van der Waals surface area contributed by atoms with Crippen molar-refractivity contribution in [3.05, 3.63) is 47.3 Å². The number of aromatic nitrogens is 2. The van der Waals surface area contributed by atoms with E-state index in [1.165, 1.54) is 19.8 Å². The van der Waals surface area contributed by atoms with Crippen molar-refractivity contribution < 1.29 is 9.59 Å². The number of nitrogens with one attached hydrogen (secondary N) is 1. The first kappa shape index (κ1) is 18.0. The molecule has 0 aliphatic carbocycles. The molecule has 26 heavy (non-hydrogen) atoms. The predicted octanol–water partition coefficient (Wildman–Crippen LogP) is 3.62. The second-order valence-electron chi connectivity index (χ2n) is 6.68. The summed E-state index contributed by atoms with van der Waals surface area (Å²) >= 11 is 0. The van der Waals surface area contributed by atoms with Crippen molar-refractivity contribution in [2.24, 2.45) is 0 Å². The number of rotatable bonds is 4. The van der Waals surface area contributed by atoms with Gasteiger partial charge in [0.1, 0.15) is 5.69 Å². The Bertz CT molecular complexity index is 794. The largest absolute Gasteiger partial charge is 0.341 e. The predicted molar refractivity (Wildman–Crippen MR) is 102 cm³/mol. The molecule has 0 bridgehead atoms.